The molecule has 19 heavy (non-hydrogen) atoms. The molecule has 0 saturated carbocycles. The highest BCUT2D eigenvalue weighted by molar-refractivity contribution is 5.87. The lowest BCUT2D eigenvalue weighted by atomic mass is 10.0. The molecular weight excluding hydrogens is 238 g/mol. The Hall–Kier alpha value is -2.17. The van der Waals surface area contributed by atoms with E-state index < -0.39 is 0 Å². The van der Waals surface area contributed by atoms with Gasteiger partial charge in [0.25, 0.3) is 0 Å². The fourth-order valence-electron chi connectivity index (χ4n) is 2.64. The molecule has 0 spiro atoms. The quantitative estimate of drug-likeness (QED) is 0.833. The van der Waals surface area contributed by atoms with Gasteiger partial charge in [-0.05, 0) is 31.4 Å². The third-order valence-electron chi connectivity index (χ3n) is 3.59. The lowest BCUT2D eigenvalue weighted by Crippen LogP contribution is -2.38. The van der Waals surface area contributed by atoms with Crippen LogP contribution in [0.25, 0.3) is 11.0 Å². The summed E-state index contributed by atoms with van der Waals surface area (Å²) in [4.78, 5) is 15.2. The topological polar surface area (TPSA) is 67.9 Å². The van der Waals surface area contributed by atoms with E-state index in [1.807, 2.05) is 12.1 Å². The van der Waals surface area contributed by atoms with Crippen molar-refractivity contribution in [1.29, 1.82) is 0 Å². The molecule has 1 aliphatic heterocycles. The van der Waals surface area contributed by atoms with Gasteiger partial charge >= 0.3 is 0 Å². The van der Waals surface area contributed by atoms with Crippen molar-refractivity contribution in [2.75, 3.05) is 17.2 Å². The molecule has 0 radical (unpaired) electrons. The summed E-state index contributed by atoms with van der Waals surface area (Å²) in [6, 6.07) is 4.08. The van der Waals surface area contributed by atoms with Gasteiger partial charge in [-0.2, -0.15) is 0 Å². The van der Waals surface area contributed by atoms with Crippen LogP contribution >= 0.6 is 0 Å². The number of aromatic nitrogens is 3. The predicted octanol–water partition coefficient (Wildman–Crippen LogP) is 2.15. The molecule has 1 saturated heterocycles. The number of anilines is 2. The van der Waals surface area contributed by atoms with E-state index >= 15 is 0 Å². The summed E-state index contributed by atoms with van der Waals surface area (Å²) < 4.78 is 0. The monoisotopic (exact) mass is 255 g/mol. The molecule has 2 aromatic heterocycles. The fourth-order valence-corrected chi connectivity index (χ4v) is 2.64. The molecule has 0 bridgehead atoms. The molecule has 1 unspecified atom stereocenters. The molecule has 2 N–H and O–H groups in total. The molecule has 3 rings (SSSR count). The maximum Gasteiger partial charge on any atom is 0.166 e. The minimum atomic E-state index is 0.337. The Morgan fingerprint density at radius 3 is 3.05 bits per heavy atom. The number of nitrogen functional groups attached to an aromatic ring is 1. The second-order valence-electron chi connectivity index (χ2n) is 4.80. The van der Waals surface area contributed by atoms with Gasteiger partial charge < -0.3 is 10.6 Å². The van der Waals surface area contributed by atoms with Crippen molar-refractivity contribution < 1.29 is 0 Å². The molecule has 5 heteroatoms. The summed E-state index contributed by atoms with van der Waals surface area (Å²) in [5, 5.41) is 0.949. The number of rotatable bonds is 2. The highest BCUT2D eigenvalue weighted by Gasteiger charge is 2.22. The Kier molecular flexibility index (Phi) is 3.03. The number of pyridine rings is 1. The van der Waals surface area contributed by atoms with Crippen molar-refractivity contribution in [3.05, 3.63) is 31.1 Å². The standard InChI is InChI=1S/C14H17N5/c1-2-10-5-3-4-8-19(10)14-11-6-7-12(15)18-13(11)16-9-17-14/h2,6-7,9-10H,1,3-5,8H2,(H2,15,16,17,18). The van der Waals surface area contributed by atoms with Crippen molar-refractivity contribution in [3.8, 4) is 0 Å². The van der Waals surface area contributed by atoms with Crippen LogP contribution in [-0.2, 0) is 0 Å². The molecule has 1 atom stereocenters. The Labute approximate surface area is 112 Å². The molecule has 5 nitrogen and oxygen atoms in total. The van der Waals surface area contributed by atoms with Crippen molar-refractivity contribution in [3.63, 3.8) is 0 Å². The van der Waals surface area contributed by atoms with Gasteiger partial charge in [-0.25, -0.2) is 15.0 Å². The molecule has 0 aliphatic carbocycles. The minimum Gasteiger partial charge on any atom is -0.384 e. The number of fused-ring (bicyclic) bond motifs is 1. The summed E-state index contributed by atoms with van der Waals surface area (Å²) in [6.45, 7) is 4.93. The van der Waals surface area contributed by atoms with E-state index in [4.69, 9.17) is 5.73 Å². The van der Waals surface area contributed by atoms with Gasteiger partial charge in [0.15, 0.2) is 5.65 Å². The number of nitrogens with zero attached hydrogens (tertiary/aromatic N) is 4. The normalized spacial score (nSPS) is 19.6. The second kappa shape index (κ2) is 4.84. The largest absolute Gasteiger partial charge is 0.384 e. The zero-order chi connectivity index (χ0) is 13.2. The van der Waals surface area contributed by atoms with Crippen LogP contribution < -0.4 is 10.6 Å². The van der Waals surface area contributed by atoms with Gasteiger partial charge in [-0.15, -0.1) is 6.58 Å². The first-order valence-corrected chi connectivity index (χ1v) is 6.56. The van der Waals surface area contributed by atoms with Gasteiger partial charge in [-0.3, -0.25) is 0 Å². The van der Waals surface area contributed by atoms with Crippen LogP contribution in [-0.4, -0.2) is 27.5 Å². The van der Waals surface area contributed by atoms with Crippen molar-refractivity contribution in [2.45, 2.75) is 25.3 Å². The molecule has 98 valence electrons. The van der Waals surface area contributed by atoms with Crippen LogP contribution in [0, 0.1) is 0 Å². The van der Waals surface area contributed by atoms with Gasteiger partial charge in [0.05, 0.1) is 5.39 Å². The first-order chi connectivity index (χ1) is 9.29. The van der Waals surface area contributed by atoms with Gasteiger partial charge in [-0.1, -0.05) is 6.08 Å². The van der Waals surface area contributed by atoms with Crippen LogP contribution in [0.2, 0.25) is 0 Å². The van der Waals surface area contributed by atoms with Crippen LogP contribution in [0.5, 0.6) is 0 Å². The Morgan fingerprint density at radius 1 is 1.32 bits per heavy atom. The predicted molar refractivity (Wildman–Crippen MR) is 76.9 cm³/mol. The van der Waals surface area contributed by atoms with Gasteiger partial charge in [0, 0.05) is 12.6 Å². The van der Waals surface area contributed by atoms with Crippen LogP contribution in [0.3, 0.4) is 0 Å². The Balaban J connectivity index is 2.11. The van der Waals surface area contributed by atoms with E-state index in [0.29, 0.717) is 17.5 Å². The number of nitrogens with two attached hydrogens (primary N) is 1. The fraction of sp³-hybridized carbons (Fsp3) is 0.357. The van der Waals surface area contributed by atoms with Crippen molar-refractivity contribution in [1.82, 2.24) is 15.0 Å². The Morgan fingerprint density at radius 2 is 2.21 bits per heavy atom. The van der Waals surface area contributed by atoms with E-state index in [0.717, 1.165) is 24.2 Å². The van der Waals surface area contributed by atoms with Crippen molar-refractivity contribution in [2.24, 2.45) is 0 Å². The van der Waals surface area contributed by atoms with Crippen LogP contribution in [0.1, 0.15) is 19.3 Å². The zero-order valence-corrected chi connectivity index (χ0v) is 10.8. The van der Waals surface area contributed by atoms with E-state index in [2.05, 4.69) is 26.4 Å². The van der Waals surface area contributed by atoms with E-state index in [9.17, 15) is 0 Å². The first kappa shape index (κ1) is 11.9. The summed E-state index contributed by atoms with van der Waals surface area (Å²) in [6.07, 6.45) is 7.09. The smallest absolute Gasteiger partial charge is 0.166 e. The SMILES string of the molecule is C=CC1CCCCN1c1ncnc2nc(N)ccc12. The maximum absolute atomic E-state index is 5.70. The van der Waals surface area contributed by atoms with Crippen LogP contribution in [0.15, 0.2) is 31.1 Å². The van der Waals surface area contributed by atoms with Crippen LogP contribution in [0.4, 0.5) is 11.6 Å². The third kappa shape index (κ3) is 2.12. The number of hydrogen-bond donors (Lipinski definition) is 1. The summed E-state index contributed by atoms with van der Waals surface area (Å²) in [5.41, 5.74) is 6.36. The molecule has 3 heterocycles. The van der Waals surface area contributed by atoms with Gasteiger partial charge in [0.2, 0.25) is 0 Å². The zero-order valence-electron chi connectivity index (χ0n) is 10.8. The highest BCUT2D eigenvalue weighted by atomic mass is 15.2. The summed E-state index contributed by atoms with van der Waals surface area (Å²) >= 11 is 0. The average Bonchev–Trinajstić information content (AvgIpc) is 2.46. The molecular formula is C14H17N5. The molecule has 1 fully saturated rings. The number of hydrogen-bond acceptors (Lipinski definition) is 5. The summed E-state index contributed by atoms with van der Waals surface area (Å²) in [5.74, 6) is 1.41. The first-order valence-electron chi connectivity index (χ1n) is 6.56. The van der Waals surface area contributed by atoms with Gasteiger partial charge in [0.1, 0.15) is 18.0 Å². The van der Waals surface area contributed by atoms with Crippen molar-refractivity contribution >= 4 is 22.7 Å². The molecule has 0 amide bonds. The molecule has 1 aliphatic rings. The summed E-state index contributed by atoms with van der Waals surface area (Å²) in [7, 11) is 0. The number of piperidine rings is 1. The van der Waals surface area contributed by atoms with E-state index in [1.165, 1.54) is 12.8 Å². The third-order valence-corrected chi connectivity index (χ3v) is 3.59. The van der Waals surface area contributed by atoms with E-state index in [1.54, 1.807) is 12.4 Å². The molecule has 2 aromatic rings. The highest BCUT2D eigenvalue weighted by Crippen LogP contribution is 2.28. The maximum atomic E-state index is 5.70. The average molecular weight is 255 g/mol. The lowest BCUT2D eigenvalue weighted by Gasteiger charge is -2.35. The molecule has 0 aromatic carbocycles. The Bertz CT molecular complexity index is 610. The minimum absolute atomic E-state index is 0.337. The second-order valence-corrected chi connectivity index (χ2v) is 4.80. The lowest BCUT2D eigenvalue weighted by molar-refractivity contribution is 0.512. The van der Waals surface area contributed by atoms with E-state index in [-0.39, 0.29) is 0 Å².